The van der Waals surface area contributed by atoms with Gasteiger partial charge in [0.15, 0.2) is 0 Å². The van der Waals surface area contributed by atoms with Crippen LogP contribution in [0.15, 0.2) is 6.07 Å². The lowest BCUT2D eigenvalue weighted by Gasteiger charge is -2.37. The summed E-state index contributed by atoms with van der Waals surface area (Å²) < 4.78 is 5.46. The van der Waals surface area contributed by atoms with Crippen LogP contribution in [0.5, 0.6) is 5.88 Å². The number of halogens is 1. The maximum atomic E-state index is 6.19. The molecule has 4 nitrogen and oxygen atoms in total. The zero-order valence-corrected chi connectivity index (χ0v) is 12.5. The molecule has 0 unspecified atom stereocenters. The van der Waals surface area contributed by atoms with Crippen LogP contribution in [0, 0.1) is 6.92 Å². The zero-order chi connectivity index (χ0) is 13.7. The molecule has 0 bridgehead atoms. The quantitative estimate of drug-likeness (QED) is 0.840. The maximum absolute atomic E-state index is 6.19. The van der Waals surface area contributed by atoms with Gasteiger partial charge in [-0.2, -0.15) is 4.98 Å². The van der Waals surface area contributed by atoms with Crippen LogP contribution >= 0.6 is 11.6 Å². The Kier molecular flexibility index (Phi) is 4.86. The van der Waals surface area contributed by atoms with Gasteiger partial charge in [0.05, 0.1) is 12.1 Å². The van der Waals surface area contributed by atoms with E-state index in [4.69, 9.17) is 16.3 Å². The van der Waals surface area contributed by atoms with E-state index in [1.54, 1.807) is 0 Å². The molecule has 0 spiro atoms. The minimum atomic E-state index is -0.0237. The first kappa shape index (κ1) is 14.4. The molecule has 0 atom stereocenters. The van der Waals surface area contributed by atoms with Crippen molar-refractivity contribution in [3.8, 4) is 5.88 Å². The minimum absolute atomic E-state index is 0.0237. The fourth-order valence-corrected chi connectivity index (χ4v) is 2.95. The number of aryl methyl sites for hydroxylation is 1. The predicted octanol–water partition coefficient (Wildman–Crippen LogP) is 3.54. The molecule has 2 rings (SSSR count). The highest BCUT2D eigenvalue weighted by Gasteiger charge is 2.31. The van der Waals surface area contributed by atoms with E-state index in [-0.39, 0.29) is 5.54 Å². The van der Waals surface area contributed by atoms with Gasteiger partial charge in [-0.1, -0.05) is 19.3 Å². The monoisotopic (exact) mass is 283 g/mol. The molecule has 5 heteroatoms. The van der Waals surface area contributed by atoms with E-state index in [1.807, 2.05) is 19.9 Å². The largest absolute Gasteiger partial charge is 0.478 e. The molecule has 0 aromatic carbocycles. The summed E-state index contributed by atoms with van der Waals surface area (Å²) in [6, 6.07) is 1.86. The third kappa shape index (κ3) is 3.72. The van der Waals surface area contributed by atoms with Crippen LogP contribution in [0.3, 0.4) is 0 Å². The van der Waals surface area contributed by atoms with Gasteiger partial charge in [0.25, 0.3) is 0 Å². The van der Waals surface area contributed by atoms with E-state index in [2.05, 4.69) is 15.3 Å². The SMILES string of the molecule is CCOc1cc(NC2(CCl)CCCCC2)nc(C)n1. The van der Waals surface area contributed by atoms with Gasteiger partial charge in [0, 0.05) is 11.9 Å². The van der Waals surface area contributed by atoms with Crippen molar-refractivity contribution in [1.82, 2.24) is 9.97 Å². The molecular formula is C14H22ClN3O. The Morgan fingerprint density at radius 1 is 1.32 bits per heavy atom. The molecule has 1 aliphatic carbocycles. The van der Waals surface area contributed by atoms with Crippen LogP contribution in [-0.2, 0) is 0 Å². The third-order valence-corrected chi connectivity index (χ3v) is 4.08. The minimum Gasteiger partial charge on any atom is -0.478 e. The average Bonchev–Trinajstić information content (AvgIpc) is 2.39. The van der Waals surface area contributed by atoms with E-state index in [0.717, 1.165) is 18.7 Å². The van der Waals surface area contributed by atoms with Gasteiger partial charge >= 0.3 is 0 Å². The van der Waals surface area contributed by atoms with Crippen LogP contribution < -0.4 is 10.1 Å². The number of nitrogens with zero attached hydrogens (tertiary/aromatic N) is 2. The van der Waals surface area contributed by atoms with Crippen molar-refractivity contribution < 1.29 is 4.74 Å². The van der Waals surface area contributed by atoms with Gasteiger partial charge in [0.2, 0.25) is 5.88 Å². The van der Waals surface area contributed by atoms with E-state index in [1.165, 1.54) is 19.3 Å². The van der Waals surface area contributed by atoms with Crippen molar-refractivity contribution in [2.24, 2.45) is 0 Å². The fraction of sp³-hybridized carbons (Fsp3) is 0.714. The number of anilines is 1. The van der Waals surface area contributed by atoms with Crippen LogP contribution in [0.1, 0.15) is 44.9 Å². The Morgan fingerprint density at radius 3 is 2.68 bits per heavy atom. The van der Waals surface area contributed by atoms with Crippen LogP contribution in [0.25, 0.3) is 0 Å². The Balaban J connectivity index is 2.16. The topological polar surface area (TPSA) is 47.0 Å². The lowest BCUT2D eigenvalue weighted by atomic mass is 9.83. The van der Waals surface area contributed by atoms with E-state index >= 15 is 0 Å². The second kappa shape index (κ2) is 6.42. The molecule has 1 fully saturated rings. The Labute approximate surface area is 119 Å². The van der Waals surface area contributed by atoms with E-state index in [0.29, 0.717) is 24.2 Å². The second-order valence-corrected chi connectivity index (χ2v) is 5.44. The first-order valence-corrected chi connectivity index (χ1v) is 7.53. The first-order valence-electron chi connectivity index (χ1n) is 7.00. The zero-order valence-electron chi connectivity index (χ0n) is 11.7. The molecular weight excluding hydrogens is 262 g/mol. The molecule has 0 radical (unpaired) electrons. The van der Waals surface area contributed by atoms with Gasteiger partial charge in [-0.05, 0) is 26.7 Å². The Bertz CT molecular complexity index is 419. The number of hydrogen-bond donors (Lipinski definition) is 1. The number of nitrogens with one attached hydrogen (secondary N) is 1. The maximum Gasteiger partial charge on any atom is 0.218 e. The molecule has 19 heavy (non-hydrogen) atoms. The summed E-state index contributed by atoms with van der Waals surface area (Å²) >= 11 is 6.19. The summed E-state index contributed by atoms with van der Waals surface area (Å²) in [5.41, 5.74) is -0.0237. The number of alkyl halides is 1. The van der Waals surface area contributed by atoms with Gasteiger partial charge in [0.1, 0.15) is 11.6 Å². The van der Waals surface area contributed by atoms with Crippen molar-refractivity contribution in [1.29, 1.82) is 0 Å². The summed E-state index contributed by atoms with van der Waals surface area (Å²) in [5.74, 6) is 2.77. The van der Waals surface area contributed by atoms with Crippen molar-refractivity contribution in [2.75, 3.05) is 17.8 Å². The van der Waals surface area contributed by atoms with E-state index < -0.39 is 0 Å². The highest BCUT2D eigenvalue weighted by Crippen LogP contribution is 2.32. The predicted molar refractivity (Wildman–Crippen MR) is 78.1 cm³/mol. The Morgan fingerprint density at radius 2 is 2.05 bits per heavy atom. The highest BCUT2D eigenvalue weighted by molar-refractivity contribution is 6.18. The van der Waals surface area contributed by atoms with Gasteiger partial charge < -0.3 is 10.1 Å². The van der Waals surface area contributed by atoms with Gasteiger partial charge in [-0.3, -0.25) is 0 Å². The molecule has 1 heterocycles. The lowest BCUT2D eigenvalue weighted by Crippen LogP contribution is -2.42. The first-order chi connectivity index (χ1) is 9.17. The molecule has 0 amide bonds. The van der Waals surface area contributed by atoms with Crippen molar-refractivity contribution in [3.05, 3.63) is 11.9 Å². The highest BCUT2D eigenvalue weighted by atomic mass is 35.5. The van der Waals surface area contributed by atoms with Crippen molar-refractivity contribution in [3.63, 3.8) is 0 Å². The number of ether oxygens (including phenoxy) is 1. The molecule has 0 saturated heterocycles. The summed E-state index contributed by atoms with van der Waals surface area (Å²) in [5, 5.41) is 3.52. The lowest BCUT2D eigenvalue weighted by molar-refractivity contribution is 0.324. The third-order valence-electron chi connectivity index (χ3n) is 3.57. The second-order valence-electron chi connectivity index (χ2n) is 5.17. The van der Waals surface area contributed by atoms with E-state index in [9.17, 15) is 0 Å². The smallest absolute Gasteiger partial charge is 0.218 e. The van der Waals surface area contributed by atoms with Crippen LogP contribution in [0.2, 0.25) is 0 Å². The molecule has 1 aliphatic rings. The normalized spacial score (nSPS) is 18.1. The average molecular weight is 284 g/mol. The van der Waals surface area contributed by atoms with Crippen molar-refractivity contribution in [2.45, 2.75) is 51.5 Å². The molecule has 1 aromatic rings. The Hall–Kier alpha value is -1.03. The van der Waals surface area contributed by atoms with Gasteiger partial charge in [-0.25, -0.2) is 4.98 Å². The number of hydrogen-bond acceptors (Lipinski definition) is 4. The summed E-state index contributed by atoms with van der Waals surface area (Å²) in [7, 11) is 0. The fourth-order valence-electron chi connectivity index (χ4n) is 2.62. The summed E-state index contributed by atoms with van der Waals surface area (Å²) in [6.07, 6.45) is 5.95. The molecule has 1 aromatic heterocycles. The molecule has 106 valence electrons. The van der Waals surface area contributed by atoms with Gasteiger partial charge in [-0.15, -0.1) is 11.6 Å². The number of rotatable bonds is 5. The summed E-state index contributed by atoms with van der Waals surface area (Å²) in [4.78, 5) is 8.70. The standard InChI is InChI=1S/C14H22ClN3O/c1-3-19-13-9-12(16-11(2)17-13)18-14(10-15)7-5-4-6-8-14/h9H,3-8,10H2,1-2H3,(H,16,17,18). The van der Waals surface area contributed by atoms with Crippen LogP contribution in [-0.4, -0.2) is 28.0 Å². The molecule has 0 aliphatic heterocycles. The summed E-state index contributed by atoms with van der Waals surface area (Å²) in [6.45, 7) is 4.43. The number of aromatic nitrogens is 2. The molecule has 1 N–H and O–H groups in total. The van der Waals surface area contributed by atoms with Crippen molar-refractivity contribution >= 4 is 17.4 Å². The van der Waals surface area contributed by atoms with Crippen LogP contribution in [0.4, 0.5) is 5.82 Å². The molecule has 1 saturated carbocycles.